The summed E-state index contributed by atoms with van der Waals surface area (Å²) < 4.78 is 24.7. The van der Waals surface area contributed by atoms with E-state index in [4.69, 9.17) is 9.47 Å². The zero-order valence-electron chi connectivity index (χ0n) is 19.0. The monoisotopic (exact) mass is 456 g/mol. The molecule has 0 aromatic heterocycles. The van der Waals surface area contributed by atoms with Crippen molar-refractivity contribution in [1.82, 2.24) is 5.43 Å². The molecule has 0 radical (unpaired) electrons. The fraction of sp³-hybridized carbons (Fsp3) is 0.143. The van der Waals surface area contributed by atoms with E-state index in [0.717, 1.165) is 33.0 Å². The Labute approximate surface area is 197 Å². The molecule has 4 aromatic rings. The number of ether oxygens (including phenoxy) is 2. The lowest BCUT2D eigenvalue weighted by molar-refractivity contribution is -0.123. The van der Waals surface area contributed by atoms with Gasteiger partial charge >= 0.3 is 0 Å². The van der Waals surface area contributed by atoms with Gasteiger partial charge in [0.2, 0.25) is 0 Å². The fourth-order valence-electron chi connectivity index (χ4n) is 3.43. The van der Waals surface area contributed by atoms with Crippen molar-refractivity contribution in [2.24, 2.45) is 5.10 Å². The summed E-state index contributed by atoms with van der Waals surface area (Å²) in [7, 11) is 0. The van der Waals surface area contributed by atoms with E-state index in [2.05, 4.69) is 10.5 Å². The minimum Gasteiger partial charge on any atom is -0.488 e. The van der Waals surface area contributed by atoms with Gasteiger partial charge in [-0.3, -0.25) is 4.79 Å². The molecule has 0 fully saturated rings. The first-order valence-electron chi connectivity index (χ1n) is 10.9. The normalized spacial score (nSPS) is 11.0. The second-order valence-corrected chi connectivity index (χ2v) is 7.94. The van der Waals surface area contributed by atoms with Crippen molar-refractivity contribution >= 4 is 22.9 Å². The lowest BCUT2D eigenvalue weighted by Crippen LogP contribution is -2.24. The number of nitrogens with one attached hydrogen (secondary N) is 1. The van der Waals surface area contributed by atoms with Gasteiger partial charge in [-0.05, 0) is 71.6 Å². The topological polar surface area (TPSA) is 59.9 Å². The molecule has 4 aromatic carbocycles. The van der Waals surface area contributed by atoms with E-state index in [-0.39, 0.29) is 24.9 Å². The molecule has 0 saturated heterocycles. The third kappa shape index (κ3) is 5.78. The number of hydrazone groups is 1. The summed E-state index contributed by atoms with van der Waals surface area (Å²) in [5, 5.41) is 6.08. The van der Waals surface area contributed by atoms with Crippen LogP contribution in [0.15, 0.2) is 84.0 Å². The van der Waals surface area contributed by atoms with Gasteiger partial charge in [-0.25, -0.2) is 9.82 Å². The maximum Gasteiger partial charge on any atom is 0.277 e. The zero-order valence-corrected chi connectivity index (χ0v) is 19.0. The number of rotatable bonds is 8. The molecule has 34 heavy (non-hydrogen) atoms. The third-order valence-corrected chi connectivity index (χ3v) is 5.47. The molecule has 1 amide bonds. The average Bonchev–Trinajstić information content (AvgIpc) is 2.85. The predicted molar refractivity (Wildman–Crippen MR) is 132 cm³/mol. The van der Waals surface area contributed by atoms with Crippen LogP contribution in [-0.4, -0.2) is 18.7 Å². The van der Waals surface area contributed by atoms with E-state index in [1.165, 1.54) is 12.1 Å². The van der Waals surface area contributed by atoms with Gasteiger partial charge in [0, 0.05) is 5.56 Å². The number of hydrogen-bond acceptors (Lipinski definition) is 4. The molecule has 0 unspecified atom stereocenters. The van der Waals surface area contributed by atoms with Gasteiger partial charge in [0.15, 0.2) is 6.61 Å². The molecule has 0 aliphatic rings. The molecule has 6 heteroatoms. The van der Waals surface area contributed by atoms with Crippen LogP contribution in [0.1, 0.15) is 22.3 Å². The number of hydrogen-bond donors (Lipinski definition) is 1. The number of carbonyl (C=O) groups excluding carboxylic acids is 1. The van der Waals surface area contributed by atoms with Crippen LogP contribution < -0.4 is 14.9 Å². The summed E-state index contributed by atoms with van der Waals surface area (Å²) in [5.41, 5.74) is 6.34. The van der Waals surface area contributed by atoms with Crippen LogP contribution in [0.2, 0.25) is 0 Å². The fourth-order valence-corrected chi connectivity index (χ4v) is 3.43. The lowest BCUT2D eigenvalue weighted by Gasteiger charge is -2.12. The van der Waals surface area contributed by atoms with Crippen molar-refractivity contribution in [3.63, 3.8) is 0 Å². The van der Waals surface area contributed by atoms with Gasteiger partial charge in [-0.15, -0.1) is 0 Å². The number of nitrogens with zero attached hydrogens (tertiary/aromatic N) is 1. The number of halogens is 1. The minimum absolute atomic E-state index is 0.150. The van der Waals surface area contributed by atoms with Crippen LogP contribution in [0, 0.1) is 19.7 Å². The Kier molecular flexibility index (Phi) is 7.18. The van der Waals surface area contributed by atoms with E-state index in [9.17, 15) is 9.18 Å². The largest absolute Gasteiger partial charge is 0.488 e. The molecule has 0 saturated carbocycles. The summed E-state index contributed by atoms with van der Waals surface area (Å²) in [6.07, 6.45) is 1.57. The Morgan fingerprint density at radius 1 is 0.941 bits per heavy atom. The van der Waals surface area contributed by atoms with E-state index in [1.54, 1.807) is 18.3 Å². The lowest BCUT2D eigenvalue weighted by atomic mass is 10.0. The van der Waals surface area contributed by atoms with Crippen LogP contribution >= 0.6 is 0 Å². The smallest absolute Gasteiger partial charge is 0.277 e. The van der Waals surface area contributed by atoms with Crippen molar-refractivity contribution in [2.75, 3.05) is 6.61 Å². The van der Waals surface area contributed by atoms with Gasteiger partial charge in [-0.2, -0.15) is 5.10 Å². The van der Waals surface area contributed by atoms with Gasteiger partial charge in [0.05, 0.1) is 6.21 Å². The van der Waals surface area contributed by atoms with Crippen LogP contribution in [0.3, 0.4) is 0 Å². The van der Waals surface area contributed by atoms with E-state index in [0.29, 0.717) is 11.5 Å². The zero-order chi connectivity index (χ0) is 23.9. The third-order valence-electron chi connectivity index (χ3n) is 5.47. The SMILES string of the molecule is Cc1ccc(OCC(=O)N/N=C/c2c(OCc3ccc(F)cc3)ccc3ccccc23)cc1C. The maximum atomic E-state index is 13.2. The Morgan fingerprint density at radius 2 is 1.74 bits per heavy atom. The van der Waals surface area contributed by atoms with E-state index in [1.807, 2.05) is 68.4 Å². The summed E-state index contributed by atoms with van der Waals surface area (Å²) in [5.74, 6) is 0.572. The first kappa shape index (κ1) is 23.0. The first-order chi connectivity index (χ1) is 16.5. The minimum atomic E-state index is -0.372. The van der Waals surface area contributed by atoms with Crippen LogP contribution in [0.5, 0.6) is 11.5 Å². The standard InChI is InChI=1S/C28H25FN2O3/c1-19-7-13-24(15-20(19)2)33-18-28(32)31-30-16-26-25-6-4-3-5-22(25)10-14-27(26)34-17-21-8-11-23(29)12-9-21/h3-16H,17-18H2,1-2H3,(H,31,32)/b30-16+. The molecule has 1 N–H and O–H groups in total. The molecule has 5 nitrogen and oxygen atoms in total. The number of fused-ring (bicyclic) bond motifs is 1. The van der Waals surface area contributed by atoms with Crippen LogP contribution in [0.4, 0.5) is 4.39 Å². The molecule has 0 aliphatic carbocycles. The van der Waals surface area contributed by atoms with Crippen molar-refractivity contribution in [3.8, 4) is 11.5 Å². The second-order valence-electron chi connectivity index (χ2n) is 7.94. The summed E-state index contributed by atoms with van der Waals surface area (Å²) >= 11 is 0. The molecule has 172 valence electrons. The van der Waals surface area contributed by atoms with E-state index >= 15 is 0 Å². The quantitative estimate of drug-likeness (QED) is 0.273. The number of benzene rings is 4. The Hall–Kier alpha value is -4.19. The summed E-state index contributed by atoms with van der Waals surface area (Å²) in [4.78, 5) is 12.2. The summed E-state index contributed by atoms with van der Waals surface area (Å²) in [6.45, 7) is 4.14. The molecule has 0 bridgehead atoms. The average molecular weight is 457 g/mol. The highest BCUT2D eigenvalue weighted by atomic mass is 19.1. The number of carbonyl (C=O) groups is 1. The van der Waals surface area contributed by atoms with Crippen molar-refractivity contribution in [2.45, 2.75) is 20.5 Å². The van der Waals surface area contributed by atoms with Gasteiger partial charge < -0.3 is 9.47 Å². The van der Waals surface area contributed by atoms with Gasteiger partial charge in [0.25, 0.3) is 5.91 Å². The number of aryl methyl sites for hydroxylation is 2. The Morgan fingerprint density at radius 3 is 2.53 bits per heavy atom. The Bertz CT molecular complexity index is 1330. The van der Waals surface area contributed by atoms with Crippen molar-refractivity contribution < 1.29 is 18.7 Å². The van der Waals surface area contributed by atoms with Gasteiger partial charge in [0.1, 0.15) is 23.9 Å². The van der Waals surface area contributed by atoms with Crippen LogP contribution in [-0.2, 0) is 11.4 Å². The molecule has 0 atom stereocenters. The number of amides is 1. The molecular weight excluding hydrogens is 431 g/mol. The highest BCUT2D eigenvalue weighted by molar-refractivity contribution is 6.02. The molecule has 0 heterocycles. The Balaban J connectivity index is 1.45. The van der Waals surface area contributed by atoms with Gasteiger partial charge in [-0.1, -0.05) is 48.5 Å². The van der Waals surface area contributed by atoms with E-state index < -0.39 is 0 Å². The highest BCUT2D eigenvalue weighted by Gasteiger charge is 2.09. The molecular formula is C28H25FN2O3. The molecule has 0 spiro atoms. The molecule has 4 rings (SSSR count). The van der Waals surface area contributed by atoms with Crippen molar-refractivity contribution in [1.29, 1.82) is 0 Å². The molecule has 0 aliphatic heterocycles. The highest BCUT2D eigenvalue weighted by Crippen LogP contribution is 2.27. The first-order valence-corrected chi connectivity index (χ1v) is 10.9. The van der Waals surface area contributed by atoms with Crippen molar-refractivity contribution in [3.05, 3.63) is 107 Å². The predicted octanol–water partition coefficient (Wildman–Crippen LogP) is 5.70. The summed E-state index contributed by atoms with van der Waals surface area (Å²) in [6, 6.07) is 23.5. The maximum absolute atomic E-state index is 13.2. The second kappa shape index (κ2) is 10.6. The van der Waals surface area contributed by atoms with Crippen LogP contribution in [0.25, 0.3) is 10.8 Å².